The average molecular weight is 443 g/mol. The van der Waals surface area contributed by atoms with E-state index < -0.39 is 10.5 Å². The molecule has 1 unspecified atom stereocenters. The maximum absolute atomic E-state index is 13.0. The summed E-state index contributed by atoms with van der Waals surface area (Å²) in [6.07, 6.45) is 1.35. The molecule has 1 aliphatic rings. The van der Waals surface area contributed by atoms with Crippen molar-refractivity contribution < 1.29 is 18.8 Å². The molecule has 0 saturated heterocycles. The van der Waals surface area contributed by atoms with Gasteiger partial charge in [-0.05, 0) is 72.6 Å². The summed E-state index contributed by atoms with van der Waals surface area (Å²) in [5.74, 6) is 0.0687. The first-order valence-electron chi connectivity index (χ1n) is 9.27. The minimum atomic E-state index is -0.685. The van der Waals surface area contributed by atoms with Gasteiger partial charge >= 0.3 is 11.8 Å². The monoisotopic (exact) mass is 443 g/mol. The maximum Gasteiger partial charge on any atom is 0.415 e. The van der Waals surface area contributed by atoms with E-state index in [1.54, 1.807) is 41.0 Å². The number of halogens is 1. The lowest BCUT2D eigenvalue weighted by atomic mass is 10.1. The minimum absolute atomic E-state index is 0.208. The van der Waals surface area contributed by atoms with Crippen molar-refractivity contribution in [2.45, 2.75) is 19.1 Å². The number of hydrogen-bond donors (Lipinski definition) is 2. The number of fused-ring (bicyclic) bond motifs is 1. The van der Waals surface area contributed by atoms with E-state index in [0.29, 0.717) is 23.1 Å². The third kappa shape index (κ3) is 4.89. The Hall–Kier alpha value is -3.73. The van der Waals surface area contributed by atoms with Crippen LogP contribution in [0, 0.1) is 15.9 Å². The van der Waals surface area contributed by atoms with Gasteiger partial charge in [-0.25, -0.2) is 4.39 Å². The number of thiocarbonyl (C=S) groups is 1. The molecule has 0 spiro atoms. The molecule has 0 bridgehead atoms. The van der Waals surface area contributed by atoms with E-state index in [0.717, 1.165) is 5.69 Å². The fourth-order valence-electron chi connectivity index (χ4n) is 3.05. The number of aromatic nitrogens is 2. The van der Waals surface area contributed by atoms with Crippen LogP contribution in [-0.4, -0.2) is 31.8 Å². The molecule has 4 rings (SSSR count). The van der Waals surface area contributed by atoms with Crippen molar-refractivity contribution in [3.63, 3.8) is 0 Å². The van der Waals surface area contributed by atoms with Crippen molar-refractivity contribution in [3.05, 3.63) is 70.7 Å². The summed E-state index contributed by atoms with van der Waals surface area (Å²) >= 11 is 5.26. The molecule has 1 aromatic heterocycles. The summed E-state index contributed by atoms with van der Waals surface area (Å²) in [4.78, 5) is 14.1. The van der Waals surface area contributed by atoms with Crippen LogP contribution in [0.3, 0.4) is 0 Å². The fourth-order valence-corrected chi connectivity index (χ4v) is 3.29. The van der Waals surface area contributed by atoms with Crippen LogP contribution < -0.4 is 20.1 Å². The highest BCUT2D eigenvalue weighted by Gasteiger charge is 2.41. The molecule has 3 aromatic rings. The van der Waals surface area contributed by atoms with Crippen LogP contribution in [0.2, 0.25) is 0 Å². The fraction of sp³-hybridized carbons (Fsp3) is 0.200. The third-order valence-corrected chi connectivity index (χ3v) is 4.72. The van der Waals surface area contributed by atoms with E-state index in [9.17, 15) is 14.5 Å². The molecule has 1 aliphatic heterocycles. The van der Waals surface area contributed by atoms with Gasteiger partial charge in [0.1, 0.15) is 24.4 Å². The van der Waals surface area contributed by atoms with E-state index in [2.05, 4.69) is 15.6 Å². The van der Waals surface area contributed by atoms with Gasteiger partial charge in [0.2, 0.25) is 0 Å². The molecule has 11 heteroatoms. The third-order valence-electron chi connectivity index (χ3n) is 4.52. The quantitative estimate of drug-likeness (QED) is 0.335. The molecule has 160 valence electrons. The van der Waals surface area contributed by atoms with Gasteiger partial charge in [0.05, 0.1) is 6.54 Å². The first-order valence-corrected chi connectivity index (χ1v) is 9.67. The van der Waals surface area contributed by atoms with Crippen LogP contribution in [0.1, 0.15) is 6.92 Å². The second kappa shape index (κ2) is 8.19. The van der Waals surface area contributed by atoms with E-state index >= 15 is 0 Å². The highest BCUT2D eigenvalue weighted by Crippen LogP contribution is 2.31. The average Bonchev–Trinajstić information content (AvgIpc) is 3.25. The van der Waals surface area contributed by atoms with Crippen molar-refractivity contribution in [3.8, 4) is 11.8 Å². The molecule has 2 aromatic carbocycles. The topological polar surface area (TPSA) is 103 Å². The van der Waals surface area contributed by atoms with Gasteiger partial charge < -0.3 is 30.2 Å². The summed E-state index contributed by atoms with van der Waals surface area (Å²) in [6, 6.07) is 13.3. The van der Waals surface area contributed by atoms with Gasteiger partial charge in [-0.2, -0.15) is 0 Å². The van der Waals surface area contributed by atoms with Gasteiger partial charge in [0.15, 0.2) is 10.7 Å². The van der Waals surface area contributed by atoms with Crippen molar-refractivity contribution >= 4 is 34.5 Å². The molecule has 0 amide bonds. The number of imidazole rings is 1. The zero-order chi connectivity index (χ0) is 22.0. The summed E-state index contributed by atoms with van der Waals surface area (Å²) in [7, 11) is 0. The van der Waals surface area contributed by atoms with Gasteiger partial charge in [-0.3, -0.25) is 4.57 Å². The second-order valence-electron chi connectivity index (χ2n) is 7.22. The molecular formula is C20H18FN5O4S. The van der Waals surface area contributed by atoms with E-state index in [1.165, 1.54) is 18.3 Å². The van der Waals surface area contributed by atoms with Crippen LogP contribution >= 0.6 is 12.2 Å². The molecule has 1 atom stereocenters. The molecule has 31 heavy (non-hydrogen) atoms. The van der Waals surface area contributed by atoms with E-state index in [4.69, 9.17) is 21.7 Å². The summed E-state index contributed by atoms with van der Waals surface area (Å²) in [5, 5.41) is 17.2. The lowest BCUT2D eigenvalue weighted by Gasteiger charge is -2.22. The van der Waals surface area contributed by atoms with Crippen LogP contribution in [0.5, 0.6) is 11.8 Å². The first-order chi connectivity index (χ1) is 14.8. The highest BCUT2D eigenvalue weighted by atomic mass is 32.1. The summed E-state index contributed by atoms with van der Waals surface area (Å²) in [6.45, 7) is 2.48. The number of hydrogen-bond acceptors (Lipinski definition) is 6. The Morgan fingerprint density at radius 2 is 1.87 bits per heavy atom. The summed E-state index contributed by atoms with van der Waals surface area (Å²) in [5.41, 5.74) is 0.742. The number of nitro groups is 1. The molecule has 0 fully saturated rings. The van der Waals surface area contributed by atoms with E-state index in [-0.39, 0.29) is 24.3 Å². The minimum Gasteiger partial charge on any atom is -0.489 e. The Morgan fingerprint density at radius 1 is 1.26 bits per heavy atom. The summed E-state index contributed by atoms with van der Waals surface area (Å²) < 4.78 is 26.1. The predicted octanol–water partition coefficient (Wildman–Crippen LogP) is 3.97. The van der Waals surface area contributed by atoms with E-state index in [1.807, 2.05) is 6.92 Å². The number of nitrogens with one attached hydrogen (secondary N) is 2. The lowest BCUT2D eigenvalue weighted by molar-refractivity contribution is -0.389. The van der Waals surface area contributed by atoms with Crippen molar-refractivity contribution in [2.75, 3.05) is 17.2 Å². The Bertz CT molecular complexity index is 1090. The molecular weight excluding hydrogens is 425 g/mol. The highest BCUT2D eigenvalue weighted by molar-refractivity contribution is 7.80. The van der Waals surface area contributed by atoms with Crippen molar-refractivity contribution in [1.29, 1.82) is 0 Å². The van der Waals surface area contributed by atoms with Crippen molar-refractivity contribution in [1.82, 2.24) is 9.55 Å². The maximum atomic E-state index is 13.0. The van der Waals surface area contributed by atoms with Gasteiger partial charge in [0.25, 0.3) is 0 Å². The SMILES string of the molecule is CC1(COc2ccc(NC(=S)Nc3ccc(F)cc3)cc2)Cn2cc([N+](=O)[O-])nc2O1. The van der Waals surface area contributed by atoms with Gasteiger partial charge in [-0.15, -0.1) is 0 Å². The van der Waals surface area contributed by atoms with Gasteiger partial charge in [-0.1, -0.05) is 0 Å². The first kappa shape index (κ1) is 20.5. The molecule has 9 nitrogen and oxygen atoms in total. The van der Waals surface area contributed by atoms with Crippen LogP contribution in [-0.2, 0) is 6.54 Å². The Morgan fingerprint density at radius 3 is 2.45 bits per heavy atom. The van der Waals surface area contributed by atoms with Crippen molar-refractivity contribution in [2.24, 2.45) is 0 Å². The number of ether oxygens (including phenoxy) is 2. The Kier molecular flexibility index (Phi) is 5.42. The zero-order valence-electron chi connectivity index (χ0n) is 16.4. The number of anilines is 2. The number of benzene rings is 2. The largest absolute Gasteiger partial charge is 0.489 e. The lowest BCUT2D eigenvalue weighted by Crippen LogP contribution is -2.38. The number of nitrogens with zero attached hydrogens (tertiary/aromatic N) is 3. The molecule has 0 radical (unpaired) electrons. The van der Waals surface area contributed by atoms with Crippen LogP contribution in [0.25, 0.3) is 0 Å². The standard InChI is InChI=1S/C20H18FN5O4S/c1-20(11-25-10-17(26(27)28)24-19(25)30-20)12-29-16-8-6-15(7-9-16)23-18(31)22-14-4-2-13(21)3-5-14/h2-10H,11-12H2,1H3,(H2,22,23,31). The smallest absolute Gasteiger partial charge is 0.415 e. The molecule has 0 aliphatic carbocycles. The normalized spacial score (nSPS) is 16.8. The molecule has 0 saturated carbocycles. The van der Waals surface area contributed by atoms with Crippen LogP contribution in [0.4, 0.5) is 21.6 Å². The van der Waals surface area contributed by atoms with Gasteiger partial charge in [0, 0.05) is 16.4 Å². The predicted molar refractivity (Wildman–Crippen MR) is 116 cm³/mol. The zero-order valence-corrected chi connectivity index (χ0v) is 17.2. The Balaban J connectivity index is 1.28. The molecule has 2 N–H and O–H groups in total. The molecule has 2 heterocycles. The number of rotatable bonds is 6. The second-order valence-corrected chi connectivity index (χ2v) is 7.63. The Labute approximate surface area is 182 Å². The van der Waals surface area contributed by atoms with Crippen LogP contribution in [0.15, 0.2) is 54.7 Å².